The van der Waals surface area contributed by atoms with Crippen LogP contribution in [-0.2, 0) is 13.1 Å². The van der Waals surface area contributed by atoms with Crippen LogP contribution < -0.4 is 5.32 Å². The van der Waals surface area contributed by atoms with Gasteiger partial charge in [-0.05, 0) is 26.2 Å². The molecule has 0 radical (unpaired) electrons. The highest BCUT2D eigenvalue weighted by atomic mass is 15.1. The molecule has 1 fully saturated rings. The third kappa shape index (κ3) is 2.15. The first-order chi connectivity index (χ1) is 6.81. The first-order valence-corrected chi connectivity index (χ1v) is 5.55. The number of nitrogens with one attached hydrogen (secondary N) is 1. The van der Waals surface area contributed by atoms with Crippen LogP contribution in [0.5, 0.6) is 0 Å². The van der Waals surface area contributed by atoms with Gasteiger partial charge in [-0.3, -0.25) is 0 Å². The van der Waals surface area contributed by atoms with Crippen LogP contribution in [0.2, 0.25) is 0 Å². The smallest absolute Gasteiger partial charge is 0.105 e. The summed E-state index contributed by atoms with van der Waals surface area (Å²) in [6, 6.07) is 0.778. The molecule has 0 bridgehead atoms. The van der Waals surface area contributed by atoms with Gasteiger partial charge in [-0.2, -0.15) is 0 Å². The van der Waals surface area contributed by atoms with Crippen LogP contribution in [0.25, 0.3) is 0 Å². The van der Waals surface area contributed by atoms with E-state index in [1.54, 1.807) is 0 Å². The van der Waals surface area contributed by atoms with Crippen LogP contribution >= 0.6 is 0 Å². The summed E-state index contributed by atoms with van der Waals surface area (Å²) in [6.07, 6.45) is 5.87. The zero-order valence-corrected chi connectivity index (χ0v) is 9.08. The average Bonchev–Trinajstić information content (AvgIpc) is 2.94. The Balaban J connectivity index is 1.98. The molecule has 1 heterocycles. The number of aryl methyl sites for hydroxylation is 1. The number of aromatic nitrogens is 2. The molecule has 0 atom stereocenters. The highest BCUT2D eigenvalue weighted by Crippen LogP contribution is 2.19. The number of hydrogen-bond acceptors (Lipinski definition) is 2. The van der Waals surface area contributed by atoms with Crippen LogP contribution in [-0.4, -0.2) is 15.6 Å². The van der Waals surface area contributed by atoms with Crippen LogP contribution in [0.1, 0.15) is 37.7 Å². The molecular weight excluding hydrogens is 174 g/mol. The van der Waals surface area contributed by atoms with Gasteiger partial charge in [0.15, 0.2) is 0 Å². The minimum atomic E-state index is 0.778. The molecule has 1 aliphatic rings. The molecule has 0 saturated heterocycles. The van der Waals surface area contributed by atoms with Gasteiger partial charge in [-0.1, -0.05) is 6.92 Å². The maximum absolute atomic E-state index is 4.36. The Bertz CT molecular complexity index is 299. The van der Waals surface area contributed by atoms with Gasteiger partial charge in [0.1, 0.15) is 5.82 Å². The van der Waals surface area contributed by atoms with E-state index in [1.807, 2.05) is 6.20 Å². The van der Waals surface area contributed by atoms with Crippen molar-refractivity contribution in [3.63, 3.8) is 0 Å². The summed E-state index contributed by atoms with van der Waals surface area (Å²) in [6.45, 7) is 6.35. The first kappa shape index (κ1) is 9.71. The summed E-state index contributed by atoms with van der Waals surface area (Å²) >= 11 is 0. The van der Waals surface area contributed by atoms with Crippen molar-refractivity contribution in [3.05, 3.63) is 17.7 Å². The van der Waals surface area contributed by atoms with Gasteiger partial charge in [0, 0.05) is 25.3 Å². The van der Waals surface area contributed by atoms with Crippen molar-refractivity contribution < 1.29 is 0 Å². The Morgan fingerprint density at radius 1 is 1.57 bits per heavy atom. The second-order valence-electron chi connectivity index (χ2n) is 4.10. The Morgan fingerprint density at radius 3 is 3.00 bits per heavy atom. The molecule has 3 heteroatoms. The lowest BCUT2D eigenvalue weighted by molar-refractivity contribution is 0.588. The summed E-state index contributed by atoms with van der Waals surface area (Å²) < 4.78 is 2.31. The van der Waals surface area contributed by atoms with E-state index >= 15 is 0 Å². The predicted octanol–water partition coefficient (Wildman–Crippen LogP) is 1.85. The van der Waals surface area contributed by atoms with E-state index < -0.39 is 0 Å². The highest BCUT2D eigenvalue weighted by Gasteiger charge is 2.20. The second kappa shape index (κ2) is 4.13. The van der Waals surface area contributed by atoms with E-state index in [4.69, 9.17) is 0 Å². The average molecular weight is 193 g/mol. The minimum absolute atomic E-state index is 0.778. The lowest BCUT2D eigenvalue weighted by Crippen LogP contribution is -2.18. The zero-order valence-electron chi connectivity index (χ0n) is 9.08. The van der Waals surface area contributed by atoms with E-state index in [-0.39, 0.29) is 0 Å². The molecule has 2 rings (SSSR count). The highest BCUT2D eigenvalue weighted by molar-refractivity contribution is 5.05. The van der Waals surface area contributed by atoms with Crippen molar-refractivity contribution in [2.45, 2.75) is 52.2 Å². The maximum atomic E-state index is 4.36. The van der Waals surface area contributed by atoms with Gasteiger partial charge >= 0.3 is 0 Å². The fraction of sp³-hybridized carbons (Fsp3) is 0.727. The molecule has 0 spiro atoms. The Labute approximate surface area is 85.5 Å². The van der Waals surface area contributed by atoms with Crippen LogP contribution in [0.15, 0.2) is 6.20 Å². The number of imidazole rings is 1. The predicted molar refractivity (Wildman–Crippen MR) is 57.1 cm³/mol. The number of hydrogen-bond donors (Lipinski definition) is 1. The molecule has 3 nitrogen and oxygen atoms in total. The van der Waals surface area contributed by atoms with Crippen molar-refractivity contribution in [1.29, 1.82) is 0 Å². The third-order valence-electron chi connectivity index (χ3n) is 2.73. The standard InChI is InChI=1S/C11H19N3/c1-3-6-14-9(2)12-7-11(14)8-13-10-4-5-10/h7,10,13H,3-6,8H2,1-2H3. The monoisotopic (exact) mass is 193 g/mol. The number of rotatable bonds is 5. The van der Waals surface area contributed by atoms with Crippen molar-refractivity contribution in [2.24, 2.45) is 0 Å². The first-order valence-electron chi connectivity index (χ1n) is 5.55. The fourth-order valence-electron chi connectivity index (χ4n) is 1.72. The summed E-state index contributed by atoms with van der Waals surface area (Å²) in [5.41, 5.74) is 1.33. The molecule has 0 aromatic carbocycles. The van der Waals surface area contributed by atoms with Crippen molar-refractivity contribution in [3.8, 4) is 0 Å². The maximum Gasteiger partial charge on any atom is 0.105 e. The molecular formula is C11H19N3. The van der Waals surface area contributed by atoms with Crippen molar-refractivity contribution in [2.75, 3.05) is 0 Å². The summed E-state index contributed by atoms with van der Waals surface area (Å²) in [5, 5.41) is 3.52. The largest absolute Gasteiger partial charge is 0.331 e. The molecule has 0 amide bonds. The molecule has 0 aliphatic heterocycles. The molecule has 1 aliphatic carbocycles. The Kier molecular flexibility index (Phi) is 2.87. The molecule has 1 N–H and O–H groups in total. The van der Waals surface area contributed by atoms with Gasteiger partial charge in [0.25, 0.3) is 0 Å². The lowest BCUT2D eigenvalue weighted by atomic mass is 10.4. The van der Waals surface area contributed by atoms with Gasteiger partial charge in [-0.15, -0.1) is 0 Å². The fourth-order valence-corrected chi connectivity index (χ4v) is 1.72. The summed E-state index contributed by atoms with van der Waals surface area (Å²) in [7, 11) is 0. The minimum Gasteiger partial charge on any atom is -0.331 e. The Morgan fingerprint density at radius 2 is 2.36 bits per heavy atom. The van der Waals surface area contributed by atoms with Gasteiger partial charge in [-0.25, -0.2) is 4.98 Å². The normalized spacial score (nSPS) is 16.1. The van der Waals surface area contributed by atoms with E-state index in [1.165, 1.54) is 25.0 Å². The quantitative estimate of drug-likeness (QED) is 0.773. The zero-order chi connectivity index (χ0) is 9.97. The Hall–Kier alpha value is -0.830. The molecule has 78 valence electrons. The van der Waals surface area contributed by atoms with Gasteiger partial charge in [0.05, 0.1) is 5.69 Å². The van der Waals surface area contributed by atoms with Crippen molar-refractivity contribution >= 4 is 0 Å². The molecule has 14 heavy (non-hydrogen) atoms. The summed E-state index contributed by atoms with van der Waals surface area (Å²) in [5.74, 6) is 1.14. The van der Waals surface area contributed by atoms with Crippen LogP contribution in [0.3, 0.4) is 0 Å². The van der Waals surface area contributed by atoms with Gasteiger partial charge < -0.3 is 9.88 Å². The molecule has 0 unspecified atom stereocenters. The molecule has 1 aromatic rings. The third-order valence-corrected chi connectivity index (χ3v) is 2.73. The summed E-state index contributed by atoms with van der Waals surface area (Å²) in [4.78, 5) is 4.36. The lowest BCUT2D eigenvalue weighted by Gasteiger charge is -2.09. The van der Waals surface area contributed by atoms with E-state index in [0.717, 1.165) is 25.0 Å². The van der Waals surface area contributed by atoms with E-state index in [2.05, 4.69) is 28.7 Å². The SMILES string of the molecule is CCCn1c(CNC2CC2)cnc1C. The molecule has 1 saturated carbocycles. The van der Waals surface area contributed by atoms with Crippen LogP contribution in [0.4, 0.5) is 0 Å². The molecule has 1 aromatic heterocycles. The van der Waals surface area contributed by atoms with Crippen LogP contribution in [0, 0.1) is 6.92 Å². The second-order valence-corrected chi connectivity index (χ2v) is 4.10. The van der Waals surface area contributed by atoms with E-state index in [0.29, 0.717) is 0 Å². The van der Waals surface area contributed by atoms with E-state index in [9.17, 15) is 0 Å². The van der Waals surface area contributed by atoms with Gasteiger partial charge in [0.2, 0.25) is 0 Å². The van der Waals surface area contributed by atoms with Crippen molar-refractivity contribution in [1.82, 2.24) is 14.9 Å². The topological polar surface area (TPSA) is 29.9 Å². The number of nitrogens with zero attached hydrogens (tertiary/aromatic N) is 2.